The van der Waals surface area contributed by atoms with Gasteiger partial charge in [-0.15, -0.1) is 0 Å². The molecular weight excluding hydrogens is 174 g/mol. The monoisotopic (exact) mass is 191 g/mol. The number of nitrogens with two attached hydrogens (primary N) is 1. The van der Waals surface area contributed by atoms with E-state index < -0.39 is 0 Å². The molecule has 0 fully saturated rings. The van der Waals surface area contributed by atoms with Crippen LogP contribution in [0.4, 0.5) is 0 Å². The van der Waals surface area contributed by atoms with Crippen molar-refractivity contribution >= 4 is 0 Å². The van der Waals surface area contributed by atoms with Crippen molar-refractivity contribution < 1.29 is 4.74 Å². The van der Waals surface area contributed by atoms with Gasteiger partial charge in [-0.1, -0.05) is 24.3 Å². The van der Waals surface area contributed by atoms with Crippen LogP contribution in [0.15, 0.2) is 24.3 Å². The lowest BCUT2D eigenvalue weighted by Gasteiger charge is -2.22. The van der Waals surface area contributed by atoms with Gasteiger partial charge in [0.1, 0.15) is 0 Å². The maximum Gasteiger partial charge on any atom is 0.0652 e. The van der Waals surface area contributed by atoms with Gasteiger partial charge in [-0.25, -0.2) is 0 Å². The van der Waals surface area contributed by atoms with Gasteiger partial charge in [0.2, 0.25) is 0 Å². The summed E-state index contributed by atoms with van der Waals surface area (Å²) in [6.45, 7) is 3.42. The van der Waals surface area contributed by atoms with Crippen molar-refractivity contribution in [3.63, 3.8) is 0 Å². The fourth-order valence-corrected chi connectivity index (χ4v) is 2.13. The summed E-state index contributed by atoms with van der Waals surface area (Å²) in [4.78, 5) is 0. The molecule has 14 heavy (non-hydrogen) atoms. The van der Waals surface area contributed by atoms with Gasteiger partial charge >= 0.3 is 0 Å². The van der Waals surface area contributed by atoms with E-state index in [1.807, 2.05) is 6.92 Å². The SMILES string of the molecule is CCOCC1(N)Cc2ccccc2C1. The second-order valence-electron chi connectivity index (χ2n) is 4.12. The Morgan fingerprint density at radius 1 is 1.29 bits per heavy atom. The zero-order chi connectivity index (χ0) is 10.0. The minimum atomic E-state index is -0.167. The second kappa shape index (κ2) is 3.71. The zero-order valence-corrected chi connectivity index (χ0v) is 8.62. The van der Waals surface area contributed by atoms with Crippen molar-refractivity contribution in [1.29, 1.82) is 0 Å². The molecule has 2 N–H and O–H groups in total. The zero-order valence-electron chi connectivity index (χ0n) is 8.62. The van der Waals surface area contributed by atoms with Crippen LogP contribution in [0.3, 0.4) is 0 Å². The molecule has 76 valence electrons. The van der Waals surface area contributed by atoms with Crippen LogP contribution in [0.25, 0.3) is 0 Å². The van der Waals surface area contributed by atoms with Gasteiger partial charge in [-0.2, -0.15) is 0 Å². The van der Waals surface area contributed by atoms with Gasteiger partial charge in [-0.3, -0.25) is 0 Å². The average molecular weight is 191 g/mol. The Morgan fingerprint density at radius 2 is 1.86 bits per heavy atom. The van der Waals surface area contributed by atoms with Crippen molar-refractivity contribution in [2.24, 2.45) is 5.73 Å². The van der Waals surface area contributed by atoms with Crippen LogP contribution in [-0.2, 0) is 17.6 Å². The molecule has 0 unspecified atom stereocenters. The third-order valence-electron chi connectivity index (χ3n) is 2.80. The molecule has 1 aliphatic rings. The summed E-state index contributed by atoms with van der Waals surface area (Å²) in [7, 11) is 0. The van der Waals surface area contributed by atoms with E-state index >= 15 is 0 Å². The van der Waals surface area contributed by atoms with Crippen molar-refractivity contribution in [1.82, 2.24) is 0 Å². The lowest BCUT2D eigenvalue weighted by molar-refractivity contribution is 0.0981. The fourth-order valence-electron chi connectivity index (χ4n) is 2.13. The van der Waals surface area contributed by atoms with E-state index in [1.54, 1.807) is 0 Å². The Bertz CT molecular complexity index is 297. The summed E-state index contributed by atoms with van der Waals surface area (Å²) >= 11 is 0. The molecular formula is C12H17NO. The van der Waals surface area contributed by atoms with Gasteiger partial charge in [-0.05, 0) is 30.9 Å². The summed E-state index contributed by atoms with van der Waals surface area (Å²) < 4.78 is 5.43. The first-order valence-corrected chi connectivity index (χ1v) is 5.17. The lowest BCUT2D eigenvalue weighted by Crippen LogP contribution is -2.45. The van der Waals surface area contributed by atoms with Crippen LogP contribution in [-0.4, -0.2) is 18.8 Å². The van der Waals surface area contributed by atoms with Crippen molar-refractivity contribution in [3.05, 3.63) is 35.4 Å². The van der Waals surface area contributed by atoms with E-state index in [-0.39, 0.29) is 5.54 Å². The Balaban J connectivity index is 2.09. The van der Waals surface area contributed by atoms with Gasteiger partial charge < -0.3 is 10.5 Å². The maximum atomic E-state index is 6.27. The molecule has 0 heterocycles. The molecule has 0 saturated heterocycles. The highest BCUT2D eigenvalue weighted by Crippen LogP contribution is 2.28. The maximum absolute atomic E-state index is 6.27. The number of ether oxygens (including phenoxy) is 1. The molecule has 1 aromatic carbocycles. The highest BCUT2D eigenvalue weighted by molar-refractivity contribution is 5.36. The number of rotatable bonds is 3. The van der Waals surface area contributed by atoms with Crippen LogP contribution in [0.5, 0.6) is 0 Å². The molecule has 2 rings (SSSR count). The Kier molecular flexibility index (Phi) is 2.57. The average Bonchev–Trinajstić information content (AvgIpc) is 2.51. The molecule has 0 saturated carbocycles. The molecule has 2 nitrogen and oxygen atoms in total. The van der Waals surface area contributed by atoms with E-state index in [1.165, 1.54) is 11.1 Å². The smallest absolute Gasteiger partial charge is 0.0652 e. The summed E-state index contributed by atoms with van der Waals surface area (Å²) in [5, 5.41) is 0. The predicted octanol–water partition coefficient (Wildman–Crippen LogP) is 1.52. The fraction of sp³-hybridized carbons (Fsp3) is 0.500. The standard InChI is InChI=1S/C12H17NO/c1-2-14-9-12(13)7-10-5-3-4-6-11(10)8-12/h3-6H,2,7-9,13H2,1H3. The molecule has 0 atom stereocenters. The highest BCUT2D eigenvalue weighted by Gasteiger charge is 2.33. The van der Waals surface area contributed by atoms with Gasteiger partial charge in [0.25, 0.3) is 0 Å². The largest absolute Gasteiger partial charge is 0.380 e. The first kappa shape index (κ1) is 9.69. The van der Waals surface area contributed by atoms with Crippen LogP contribution in [0, 0.1) is 0 Å². The van der Waals surface area contributed by atoms with Crippen LogP contribution in [0.2, 0.25) is 0 Å². The van der Waals surface area contributed by atoms with E-state index in [2.05, 4.69) is 24.3 Å². The van der Waals surface area contributed by atoms with Gasteiger partial charge in [0.15, 0.2) is 0 Å². The lowest BCUT2D eigenvalue weighted by atomic mass is 9.99. The van der Waals surface area contributed by atoms with E-state index in [0.29, 0.717) is 6.61 Å². The van der Waals surface area contributed by atoms with Gasteiger partial charge in [0.05, 0.1) is 6.61 Å². The summed E-state index contributed by atoms with van der Waals surface area (Å²) in [5.74, 6) is 0. The predicted molar refractivity (Wildman–Crippen MR) is 57.3 cm³/mol. The van der Waals surface area contributed by atoms with Gasteiger partial charge in [0, 0.05) is 12.1 Å². The number of fused-ring (bicyclic) bond motifs is 1. The molecule has 0 aromatic heterocycles. The minimum Gasteiger partial charge on any atom is -0.380 e. The normalized spacial score (nSPS) is 18.1. The highest BCUT2D eigenvalue weighted by atomic mass is 16.5. The Hall–Kier alpha value is -0.860. The molecule has 0 radical (unpaired) electrons. The molecule has 0 spiro atoms. The first-order valence-electron chi connectivity index (χ1n) is 5.17. The molecule has 0 aliphatic heterocycles. The van der Waals surface area contributed by atoms with Crippen LogP contribution in [0.1, 0.15) is 18.1 Å². The third-order valence-corrected chi connectivity index (χ3v) is 2.80. The minimum absolute atomic E-state index is 0.167. The first-order chi connectivity index (χ1) is 6.73. The second-order valence-corrected chi connectivity index (χ2v) is 4.12. The quantitative estimate of drug-likeness (QED) is 0.786. The molecule has 0 bridgehead atoms. The van der Waals surface area contributed by atoms with Crippen molar-refractivity contribution in [2.45, 2.75) is 25.3 Å². The van der Waals surface area contributed by atoms with E-state index in [9.17, 15) is 0 Å². The molecule has 0 amide bonds. The number of hydrogen-bond acceptors (Lipinski definition) is 2. The molecule has 1 aromatic rings. The summed E-state index contributed by atoms with van der Waals surface area (Å²) in [6.07, 6.45) is 1.90. The number of benzene rings is 1. The van der Waals surface area contributed by atoms with Crippen LogP contribution < -0.4 is 5.73 Å². The third kappa shape index (κ3) is 1.81. The van der Waals surface area contributed by atoms with Crippen molar-refractivity contribution in [2.75, 3.05) is 13.2 Å². The number of hydrogen-bond donors (Lipinski definition) is 1. The Morgan fingerprint density at radius 3 is 2.36 bits per heavy atom. The topological polar surface area (TPSA) is 35.2 Å². The van der Waals surface area contributed by atoms with Crippen molar-refractivity contribution in [3.8, 4) is 0 Å². The van der Waals surface area contributed by atoms with E-state index in [4.69, 9.17) is 10.5 Å². The Labute approximate surface area is 85.1 Å². The molecule has 1 aliphatic carbocycles. The van der Waals surface area contributed by atoms with E-state index in [0.717, 1.165) is 19.4 Å². The van der Waals surface area contributed by atoms with Crippen LogP contribution >= 0.6 is 0 Å². The summed E-state index contributed by atoms with van der Waals surface area (Å²) in [5.41, 5.74) is 8.87. The molecule has 2 heteroatoms. The summed E-state index contributed by atoms with van der Waals surface area (Å²) in [6, 6.07) is 8.47.